The Hall–Kier alpha value is -0.463. The van der Waals surface area contributed by atoms with Gasteiger partial charge in [-0.15, -0.1) is 0 Å². The molecule has 0 heterocycles. The third-order valence-electron chi connectivity index (χ3n) is 0.553. The topological polar surface area (TPSA) is 74.6 Å². The smallest absolute Gasteiger partial charge is 0.303 e. The molecule has 0 atom stereocenters. The van der Waals surface area contributed by atoms with Crippen molar-refractivity contribution in [1.82, 2.24) is 0 Å². The number of hydrogen-bond acceptors (Lipinski definition) is 2. The summed E-state index contributed by atoms with van der Waals surface area (Å²) in [4.78, 5) is 19.3. The Morgan fingerprint density at radius 3 is 1.33 bits per heavy atom. The van der Waals surface area contributed by atoms with Crippen molar-refractivity contribution in [3.8, 4) is 0 Å². The Balaban J connectivity index is 0. The van der Waals surface area contributed by atoms with Crippen molar-refractivity contribution in [3.05, 3.63) is 0 Å². The molecular weight excluding hydrogens is 119 g/mol. The van der Waals surface area contributed by atoms with Gasteiger partial charge in [0, 0.05) is 18.9 Å². The van der Waals surface area contributed by atoms with Crippen LogP contribution in [-0.4, -0.2) is 41.0 Å². The quantitative estimate of drug-likeness (QED) is 0.501. The number of carboxylic acid groups (broad SMARTS) is 2. The van der Waals surface area contributed by atoms with Crippen LogP contribution in [0.1, 0.15) is 12.8 Å². The standard InChI is InChI=1S/C4H6O4.Li/c5-3(6)1-2-4(7)8;/h1-2H2,(H,5,6)(H,7,8);. The van der Waals surface area contributed by atoms with Crippen LogP contribution >= 0.6 is 0 Å². The molecule has 5 heteroatoms. The van der Waals surface area contributed by atoms with E-state index >= 15 is 0 Å². The molecular formula is C4H6LiO4. The second-order valence-electron chi connectivity index (χ2n) is 1.29. The molecule has 0 aliphatic rings. The van der Waals surface area contributed by atoms with E-state index in [9.17, 15) is 9.59 Å². The van der Waals surface area contributed by atoms with Crippen LogP contribution in [0.25, 0.3) is 0 Å². The zero-order chi connectivity index (χ0) is 6.57. The summed E-state index contributed by atoms with van der Waals surface area (Å²) in [6.07, 6.45) is -0.593. The van der Waals surface area contributed by atoms with Crippen LogP contribution in [0.15, 0.2) is 0 Å². The maximum absolute atomic E-state index is 9.64. The zero-order valence-electron chi connectivity index (χ0n) is 5.13. The van der Waals surface area contributed by atoms with Crippen molar-refractivity contribution >= 4 is 30.8 Å². The molecule has 0 aromatic heterocycles. The molecule has 0 aliphatic heterocycles. The van der Waals surface area contributed by atoms with Gasteiger partial charge in [0.1, 0.15) is 0 Å². The fourth-order valence-corrected chi connectivity index (χ4v) is 0.214. The summed E-state index contributed by atoms with van der Waals surface area (Å²) < 4.78 is 0. The fraction of sp³-hybridized carbons (Fsp3) is 0.500. The van der Waals surface area contributed by atoms with Crippen LogP contribution in [-0.2, 0) is 9.59 Å². The van der Waals surface area contributed by atoms with Gasteiger partial charge in [-0.25, -0.2) is 0 Å². The second-order valence-corrected chi connectivity index (χ2v) is 1.29. The first-order valence-electron chi connectivity index (χ1n) is 2.06. The van der Waals surface area contributed by atoms with E-state index in [0.717, 1.165) is 0 Å². The molecule has 1 radical (unpaired) electrons. The molecule has 47 valence electrons. The Morgan fingerprint density at radius 2 is 1.22 bits per heavy atom. The number of rotatable bonds is 3. The molecule has 0 saturated carbocycles. The second kappa shape index (κ2) is 5.67. The zero-order valence-corrected chi connectivity index (χ0v) is 5.13. The number of aliphatic carboxylic acids is 2. The molecule has 0 aliphatic carbocycles. The summed E-state index contributed by atoms with van der Waals surface area (Å²) in [6.45, 7) is 0. The van der Waals surface area contributed by atoms with Gasteiger partial charge in [0.2, 0.25) is 0 Å². The summed E-state index contributed by atoms with van der Waals surface area (Å²) in [7, 11) is 0. The van der Waals surface area contributed by atoms with Crippen LogP contribution in [0.2, 0.25) is 0 Å². The Kier molecular flexibility index (Phi) is 7.15. The average Bonchev–Trinajstić information content (AvgIpc) is 1.61. The van der Waals surface area contributed by atoms with E-state index in [2.05, 4.69) is 0 Å². The first-order valence-corrected chi connectivity index (χ1v) is 2.06. The molecule has 0 saturated heterocycles. The van der Waals surface area contributed by atoms with Crippen molar-refractivity contribution in [2.45, 2.75) is 12.8 Å². The molecule has 9 heavy (non-hydrogen) atoms. The van der Waals surface area contributed by atoms with Crippen LogP contribution < -0.4 is 0 Å². The molecule has 0 unspecified atom stereocenters. The van der Waals surface area contributed by atoms with E-state index in [1.54, 1.807) is 0 Å². The van der Waals surface area contributed by atoms with E-state index in [1.807, 2.05) is 0 Å². The van der Waals surface area contributed by atoms with Gasteiger partial charge in [0.05, 0.1) is 12.8 Å². The minimum absolute atomic E-state index is 0. The molecule has 0 amide bonds. The molecule has 0 aromatic rings. The maximum Gasteiger partial charge on any atom is 0.303 e. The molecule has 0 bridgehead atoms. The van der Waals surface area contributed by atoms with Gasteiger partial charge in [-0.1, -0.05) is 0 Å². The summed E-state index contributed by atoms with van der Waals surface area (Å²) in [5, 5.41) is 15.8. The van der Waals surface area contributed by atoms with Crippen molar-refractivity contribution in [1.29, 1.82) is 0 Å². The monoisotopic (exact) mass is 125 g/mol. The minimum Gasteiger partial charge on any atom is -0.481 e. The molecule has 2 N–H and O–H groups in total. The first-order chi connectivity index (χ1) is 3.63. The van der Waals surface area contributed by atoms with E-state index in [0.29, 0.717) is 0 Å². The molecule has 0 spiro atoms. The van der Waals surface area contributed by atoms with Gasteiger partial charge < -0.3 is 10.2 Å². The molecule has 0 fully saturated rings. The molecule has 4 nitrogen and oxygen atoms in total. The minimum atomic E-state index is -1.08. The summed E-state index contributed by atoms with van der Waals surface area (Å²) >= 11 is 0. The first kappa shape index (κ1) is 11.3. The third kappa shape index (κ3) is 11.2. The third-order valence-corrected chi connectivity index (χ3v) is 0.553. The maximum atomic E-state index is 9.64. The normalized spacial score (nSPS) is 7.56. The van der Waals surface area contributed by atoms with E-state index in [-0.39, 0.29) is 31.7 Å². The van der Waals surface area contributed by atoms with Gasteiger partial charge in [-0.3, -0.25) is 9.59 Å². The number of carboxylic acids is 2. The van der Waals surface area contributed by atoms with Crippen LogP contribution in [0, 0.1) is 0 Å². The van der Waals surface area contributed by atoms with Gasteiger partial charge >= 0.3 is 11.9 Å². The van der Waals surface area contributed by atoms with Crippen LogP contribution in [0.3, 0.4) is 0 Å². The summed E-state index contributed by atoms with van der Waals surface area (Å²) in [6, 6.07) is 0. The number of hydrogen-bond donors (Lipinski definition) is 2. The van der Waals surface area contributed by atoms with E-state index in [4.69, 9.17) is 10.2 Å². The largest absolute Gasteiger partial charge is 0.481 e. The summed E-state index contributed by atoms with van der Waals surface area (Å²) in [5.41, 5.74) is 0. The van der Waals surface area contributed by atoms with Crippen LogP contribution in [0.5, 0.6) is 0 Å². The predicted octanol–water partition coefficient (Wildman–Crippen LogP) is -0.445. The van der Waals surface area contributed by atoms with Gasteiger partial charge in [0.25, 0.3) is 0 Å². The predicted molar refractivity (Wildman–Crippen MR) is 30.3 cm³/mol. The molecule has 0 rings (SSSR count). The van der Waals surface area contributed by atoms with E-state index in [1.165, 1.54) is 0 Å². The van der Waals surface area contributed by atoms with Crippen LogP contribution in [0.4, 0.5) is 0 Å². The van der Waals surface area contributed by atoms with Gasteiger partial charge in [-0.2, -0.15) is 0 Å². The van der Waals surface area contributed by atoms with Crippen molar-refractivity contribution in [2.24, 2.45) is 0 Å². The van der Waals surface area contributed by atoms with Crippen molar-refractivity contribution in [3.63, 3.8) is 0 Å². The Labute approximate surface area is 64.0 Å². The van der Waals surface area contributed by atoms with Gasteiger partial charge in [0.15, 0.2) is 0 Å². The SMILES string of the molecule is O=C(O)CCC(=O)O.[Li]. The summed E-state index contributed by atoms with van der Waals surface area (Å²) in [5.74, 6) is -2.15. The fourth-order valence-electron chi connectivity index (χ4n) is 0.214. The van der Waals surface area contributed by atoms with E-state index < -0.39 is 11.9 Å². The average molecular weight is 125 g/mol. The number of carbonyl (C=O) groups is 2. The Morgan fingerprint density at radius 1 is 1.00 bits per heavy atom. The Bertz CT molecular complexity index is 97.1. The van der Waals surface area contributed by atoms with Crippen molar-refractivity contribution < 1.29 is 19.8 Å². The molecule has 0 aromatic carbocycles. The van der Waals surface area contributed by atoms with Crippen molar-refractivity contribution in [2.75, 3.05) is 0 Å². The van der Waals surface area contributed by atoms with Gasteiger partial charge in [-0.05, 0) is 0 Å².